The second kappa shape index (κ2) is 6.79. The standard InChI is InChI=1S/C18H26N2O3/c1-13-6-8-20(9-7-13)18(21)14(2)19(3)11-15-4-5-16-17(10-15)23-12-22-16/h4-5,10,13-14H,6-9,11-12H2,1-3H3. The fourth-order valence-electron chi connectivity index (χ4n) is 3.15. The molecule has 2 aliphatic heterocycles. The van der Waals surface area contributed by atoms with Gasteiger partial charge in [-0.2, -0.15) is 0 Å². The number of likely N-dealkylation sites (N-methyl/N-ethyl adjacent to an activating group) is 1. The van der Waals surface area contributed by atoms with E-state index in [9.17, 15) is 4.79 Å². The van der Waals surface area contributed by atoms with Gasteiger partial charge in [0, 0.05) is 19.6 Å². The Morgan fingerprint density at radius 1 is 1.30 bits per heavy atom. The van der Waals surface area contributed by atoms with E-state index in [2.05, 4.69) is 11.8 Å². The Labute approximate surface area is 138 Å². The lowest BCUT2D eigenvalue weighted by atomic mass is 9.98. The third-order valence-electron chi connectivity index (χ3n) is 4.98. The van der Waals surface area contributed by atoms with Gasteiger partial charge in [-0.25, -0.2) is 0 Å². The molecular weight excluding hydrogens is 292 g/mol. The molecule has 0 radical (unpaired) electrons. The number of carbonyl (C=O) groups excluding carboxylic acids is 1. The Morgan fingerprint density at radius 2 is 2.00 bits per heavy atom. The van der Waals surface area contributed by atoms with Gasteiger partial charge >= 0.3 is 0 Å². The van der Waals surface area contributed by atoms with E-state index in [4.69, 9.17) is 9.47 Å². The van der Waals surface area contributed by atoms with Crippen LogP contribution in [0.15, 0.2) is 18.2 Å². The summed E-state index contributed by atoms with van der Waals surface area (Å²) in [6, 6.07) is 5.85. The molecule has 1 aromatic carbocycles. The molecule has 0 aliphatic carbocycles. The first kappa shape index (κ1) is 16.1. The molecule has 1 aromatic rings. The molecule has 0 aromatic heterocycles. The molecule has 0 spiro atoms. The summed E-state index contributed by atoms with van der Waals surface area (Å²) in [6.07, 6.45) is 2.23. The van der Waals surface area contributed by atoms with E-state index in [-0.39, 0.29) is 18.7 Å². The number of nitrogens with zero attached hydrogens (tertiary/aromatic N) is 2. The van der Waals surface area contributed by atoms with E-state index in [0.717, 1.165) is 48.9 Å². The molecule has 1 fully saturated rings. The van der Waals surface area contributed by atoms with E-state index < -0.39 is 0 Å². The van der Waals surface area contributed by atoms with Crippen LogP contribution in [0, 0.1) is 5.92 Å². The summed E-state index contributed by atoms with van der Waals surface area (Å²) in [5.41, 5.74) is 1.13. The molecule has 0 bridgehead atoms. The van der Waals surface area contributed by atoms with Crippen molar-refractivity contribution in [3.05, 3.63) is 23.8 Å². The summed E-state index contributed by atoms with van der Waals surface area (Å²) in [5, 5.41) is 0. The number of piperidine rings is 1. The van der Waals surface area contributed by atoms with Gasteiger partial charge in [-0.3, -0.25) is 9.69 Å². The number of benzene rings is 1. The minimum Gasteiger partial charge on any atom is -0.454 e. The second-order valence-corrected chi connectivity index (χ2v) is 6.79. The summed E-state index contributed by atoms with van der Waals surface area (Å²) in [5.74, 6) is 2.56. The summed E-state index contributed by atoms with van der Waals surface area (Å²) < 4.78 is 10.8. The quantitative estimate of drug-likeness (QED) is 0.855. The van der Waals surface area contributed by atoms with Crippen LogP contribution >= 0.6 is 0 Å². The van der Waals surface area contributed by atoms with Crippen molar-refractivity contribution in [3.8, 4) is 11.5 Å². The highest BCUT2D eigenvalue weighted by Gasteiger charge is 2.27. The normalized spacial score (nSPS) is 19.2. The maximum Gasteiger partial charge on any atom is 0.239 e. The van der Waals surface area contributed by atoms with Gasteiger partial charge in [0.1, 0.15) is 0 Å². The molecule has 23 heavy (non-hydrogen) atoms. The predicted octanol–water partition coefficient (Wildman–Crippen LogP) is 2.49. The molecule has 3 rings (SSSR count). The number of hydrogen-bond donors (Lipinski definition) is 0. The topological polar surface area (TPSA) is 42.0 Å². The number of fused-ring (bicyclic) bond motifs is 1. The van der Waals surface area contributed by atoms with Crippen molar-refractivity contribution in [2.24, 2.45) is 5.92 Å². The average Bonchev–Trinajstić information content (AvgIpc) is 3.01. The largest absolute Gasteiger partial charge is 0.454 e. The van der Waals surface area contributed by atoms with Gasteiger partial charge in [-0.05, 0) is 50.4 Å². The van der Waals surface area contributed by atoms with Crippen LogP contribution in [-0.2, 0) is 11.3 Å². The van der Waals surface area contributed by atoms with Crippen LogP contribution in [-0.4, -0.2) is 48.7 Å². The van der Waals surface area contributed by atoms with Gasteiger partial charge in [0.05, 0.1) is 6.04 Å². The molecule has 5 heteroatoms. The highest BCUT2D eigenvalue weighted by molar-refractivity contribution is 5.81. The maximum atomic E-state index is 12.7. The molecule has 1 atom stereocenters. The molecule has 2 aliphatic rings. The highest BCUT2D eigenvalue weighted by atomic mass is 16.7. The Bertz CT molecular complexity index is 567. The lowest BCUT2D eigenvalue weighted by molar-refractivity contribution is -0.137. The SMILES string of the molecule is CC1CCN(C(=O)C(C)N(C)Cc2ccc3c(c2)OCO3)CC1. The van der Waals surface area contributed by atoms with Crippen molar-refractivity contribution in [1.29, 1.82) is 0 Å². The van der Waals surface area contributed by atoms with E-state index in [1.165, 1.54) is 0 Å². The number of carbonyl (C=O) groups is 1. The molecule has 1 unspecified atom stereocenters. The van der Waals surface area contributed by atoms with Crippen molar-refractivity contribution in [3.63, 3.8) is 0 Å². The first-order valence-electron chi connectivity index (χ1n) is 8.42. The number of likely N-dealkylation sites (tertiary alicyclic amines) is 1. The van der Waals surface area contributed by atoms with Gasteiger partial charge in [-0.1, -0.05) is 13.0 Å². The fourth-order valence-corrected chi connectivity index (χ4v) is 3.15. The fraction of sp³-hybridized carbons (Fsp3) is 0.611. The van der Waals surface area contributed by atoms with Crippen LogP contribution in [0.25, 0.3) is 0 Å². The molecule has 1 saturated heterocycles. The predicted molar refractivity (Wildman–Crippen MR) is 88.5 cm³/mol. The molecule has 5 nitrogen and oxygen atoms in total. The summed E-state index contributed by atoms with van der Waals surface area (Å²) in [4.78, 5) is 16.8. The third-order valence-corrected chi connectivity index (χ3v) is 4.98. The van der Waals surface area contributed by atoms with Gasteiger partial charge < -0.3 is 14.4 Å². The summed E-state index contributed by atoms with van der Waals surface area (Å²) in [7, 11) is 2.00. The Kier molecular flexibility index (Phi) is 4.76. The molecule has 0 N–H and O–H groups in total. The maximum absolute atomic E-state index is 12.7. The van der Waals surface area contributed by atoms with E-state index in [1.807, 2.05) is 37.1 Å². The van der Waals surface area contributed by atoms with Crippen LogP contribution < -0.4 is 9.47 Å². The van der Waals surface area contributed by atoms with Gasteiger partial charge in [0.25, 0.3) is 0 Å². The van der Waals surface area contributed by atoms with Crippen LogP contribution in [0.4, 0.5) is 0 Å². The molecule has 126 valence electrons. The van der Waals surface area contributed by atoms with Crippen molar-refractivity contribution in [2.45, 2.75) is 39.3 Å². The van der Waals surface area contributed by atoms with Crippen LogP contribution in [0.2, 0.25) is 0 Å². The number of amides is 1. The first-order chi connectivity index (χ1) is 11.0. The van der Waals surface area contributed by atoms with Crippen molar-refractivity contribution in [1.82, 2.24) is 9.80 Å². The Morgan fingerprint density at radius 3 is 2.74 bits per heavy atom. The minimum absolute atomic E-state index is 0.117. The molecule has 2 heterocycles. The number of rotatable bonds is 4. The van der Waals surface area contributed by atoms with Crippen LogP contribution in [0.3, 0.4) is 0 Å². The third kappa shape index (κ3) is 3.61. The van der Waals surface area contributed by atoms with Crippen molar-refractivity contribution >= 4 is 5.91 Å². The second-order valence-electron chi connectivity index (χ2n) is 6.79. The minimum atomic E-state index is -0.117. The summed E-state index contributed by atoms with van der Waals surface area (Å²) in [6.45, 7) is 7.04. The van der Waals surface area contributed by atoms with E-state index in [0.29, 0.717) is 6.54 Å². The van der Waals surface area contributed by atoms with Crippen molar-refractivity contribution in [2.75, 3.05) is 26.9 Å². The zero-order valence-electron chi connectivity index (χ0n) is 14.2. The molecule has 1 amide bonds. The first-order valence-corrected chi connectivity index (χ1v) is 8.42. The van der Waals surface area contributed by atoms with Gasteiger partial charge in [-0.15, -0.1) is 0 Å². The Balaban J connectivity index is 1.58. The smallest absolute Gasteiger partial charge is 0.239 e. The van der Waals surface area contributed by atoms with E-state index in [1.54, 1.807) is 0 Å². The number of hydrogen-bond acceptors (Lipinski definition) is 4. The number of ether oxygens (including phenoxy) is 2. The zero-order valence-corrected chi connectivity index (χ0v) is 14.2. The Hall–Kier alpha value is -1.75. The van der Waals surface area contributed by atoms with E-state index >= 15 is 0 Å². The van der Waals surface area contributed by atoms with Gasteiger partial charge in [0.2, 0.25) is 12.7 Å². The van der Waals surface area contributed by atoms with Gasteiger partial charge in [0.15, 0.2) is 11.5 Å². The monoisotopic (exact) mass is 318 g/mol. The lowest BCUT2D eigenvalue weighted by Gasteiger charge is -2.34. The van der Waals surface area contributed by atoms with Crippen LogP contribution in [0.1, 0.15) is 32.3 Å². The van der Waals surface area contributed by atoms with Crippen molar-refractivity contribution < 1.29 is 14.3 Å². The zero-order chi connectivity index (χ0) is 16.4. The van der Waals surface area contributed by atoms with Crippen LogP contribution in [0.5, 0.6) is 11.5 Å². The average molecular weight is 318 g/mol. The highest BCUT2D eigenvalue weighted by Crippen LogP contribution is 2.32. The summed E-state index contributed by atoms with van der Waals surface area (Å²) >= 11 is 0. The lowest BCUT2D eigenvalue weighted by Crippen LogP contribution is -2.48. The molecular formula is C18H26N2O3. The molecule has 0 saturated carbocycles.